The largest absolute Gasteiger partial charge is 0.293 e. The lowest BCUT2D eigenvalue weighted by Gasteiger charge is -2.33. The first-order valence-corrected chi connectivity index (χ1v) is 6.70. The van der Waals surface area contributed by atoms with Gasteiger partial charge in [0.1, 0.15) is 0 Å². The summed E-state index contributed by atoms with van der Waals surface area (Å²) in [4.78, 5) is 2.42. The minimum atomic E-state index is 0.0234. The van der Waals surface area contributed by atoms with Crippen molar-refractivity contribution in [2.45, 2.75) is 25.4 Å². The Bertz CT molecular complexity index is 311. The number of hydrogen-bond acceptors (Lipinski definition) is 6. The third-order valence-corrected chi connectivity index (χ3v) is 4.18. The fourth-order valence-corrected chi connectivity index (χ4v) is 3.09. The van der Waals surface area contributed by atoms with Crippen LogP contribution in [-0.4, -0.2) is 54.4 Å². The topological polar surface area (TPSA) is 42.9 Å². The van der Waals surface area contributed by atoms with E-state index in [1.165, 1.54) is 0 Å². The average Bonchev–Trinajstić information content (AvgIpc) is 2.67. The molecule has 0 radical (unpaired) electrons. The molecule has 1 spiro atoms. The minimum Gasteiger partial charge on any atom is -0.293 e. The summed E-state index contributed by atoms with van der Waals surface area (Å²) in [6.45, 7) is 15.8. The zero-order chi connectivity index (χ0) is 12.5. The quantitative estimate of drug-likeness (QED) is 0.560. The van der Waals surface area contributed by atoms with E-state index in [4.69, 9.17) is 0 Å². The van der Waals surface area contributed by atoms with Crippen LogP contribution in [0, 0.1) is 0 Å². The molecular weight excluding hydrogens is 234 g/mol. The van der Waals surface area contributed by atoms with E-state index in [-0.39, 0.29) is 5.54 Å². The minimum absolute atomic E-state index is 0.0234. The standard InChI is InChI=1S/C11H21N5S/c1-9(2)15-5-10(3)16(12-4)8-11(7-15)6-13-17-14-11/h9,13-14H,3-8H2,1-2H3. The molecule has 1 unspecified atom stereocenters. The summed E-state index contributed by atoms with van der Waals surface area (Å²) in [7, 11) is 0. The maximum Gasteiger partial charge on any atom is 0.0750 e. The van der Waals surface area contributed by atoms with Crippen LogP contribution in [0.3, 0.4) is 0 Å². The van der Waals surface area contributed by atoms with Gasteiger partial charge >= 0.3 is 0 Å². The molecule has 6 heteroatoms. The maximum atomic E-state index is 4.11. The highest BCUT2D eigenvalue weighted by Crippen LogP contribution is 2.25. The van der Waals surface area contributed by atoms with Crippen LogP contribution < -0.4 is 9.44 Å². The summed E-state index contributed by atoms with van der Waals surface area (Å²) in [6, 6.07) is 0.501. The molecule has 2 aliphatic rings. The highest BCUT2D eigenvalue weighted by atomic mass is 32.2. The Morgan fingerprint density at radius 1 is 1.47 bits per heavy atom. The SMILES string of the molecule is C=NN1CC2(CNSN2)CN(C(C)C)CC1=C. The Balaban J connectivity index is 2.22. The molecule has 96 valence electrons. The molecule has 0 aliphatic carbocycles. The Labute approximate surface area is 108 Å². The summed E-state index contributed by atoms with van der Waals surface area (Å²) in [5.41, 5.74) is 1.04. The Morgan fingerprint density at radius 2 is 2.24 bits per heavy atom. The van der Waals surface area contributed by atoms with Crippen LogP contribution in [0.1, 0.15) is 13.8 Å². The van der Waals surface area contributed by atoms with Crippen LogP contribution in [0.15, 0.2) is 17.4 Å². The van der Waals surface area contributed by atoms with Gasteiger partial charge in [-0.15, -0.1) is 0 Å². The van der Waals surface area contributed by atoms with Gasteiger partial charge in [-0.1, -0.05) is 6.58 Å². The second kappa shape index (κ2) is 4.97. The molecule has 2 saturated heterocycles. The monoisotopic (exact) mass is 255 g/mol. The first-order chi connectivity index (χ1) is 8.06. The van der Waals surface area contributed by atoms with Gasteiger partial charge in [-0.2, -0.15) is 5.10 Å². The molecule has 2 rings (SSSR count). The van der Waals surface area contributed by atoms with E-state index in [0.29, 0.717) is 6.04 Å². The summed E-state index contributed by atoms with van der Waals surface area (Å²) in [5, 5.41) is 6.00. The van der Waals surface area contributed by atoms with Crippen molar-refractivity contribution in [2.24, 2.45) is 5.10 Å². The van der Waals surface area contributed by atoms with Crippen LogP contribution in [0.2, 0.25) is 0 Å². The van der Waals surface area contributed by atoms with Gasteiger partial charge in [0.05, 0.1) is 12.1 Å². The van der Waals surface area contributed by atoms with Gasteiger partial charge in [0.2, 0.25) is 0 Å². The molecule has 5 nitrogen and oxygen atoms in total. The van der Waals surface area contributed by atoms with Crippen molar-refractivity contribution in [1.82, 2.24) is 19.4 Å². The summed E-state index contributed by atoms with van der Waals surface area (Å²) < 4.78 is 6.76. The first kappa shape index (κ1) is 12.9. The smallest absolute Gasteiger partial charge is 0.0750 e. The molecule has 0 aromatic carbocycles. The molecule has 0 saturated carbocycles. The molecule has 2 fully saturated rings. The second-order valence-corrected chi connectivity index (χ2v) is 5.77. The Hall–Kier alpha value is -0.560. The Kier molecular flexibility index (Phi) is 3.77. The van der Waals surface area contributed by atoms with E-state index < -0.39 is 0 Å². The van der Waals surface area contributed by atoms with Crippen molar-refractivity contribution in [3.8, 4) is 0 Å². The number of nitrogens with one attached hydrogen (secondary N) is 2. The van der Waals surface area contributed by atoms with Crippen LogP contribution in [0.5, 0.6) is 0 Å². The average molecular weight is 255 g/mol. The van der Waals surface area contributed by atoms with E-state index in [0.717, 1.165) is 31.9 Å². The van der Waals surface area contributed by atoms with Gasteiger partial charge in [-0.05, 0) is 13.8 Å². The van der Waals surface area contributed by atoms with E-state index in [9.17, 15) is 0 Å². The molecule has 0 amide bonds. The molecule has 2 N–H and O–H groups in total. The summed E-state index contributed by atoms with van der Waals surface area (Å²) in [5.74, 6) is 0. The predicted molar refractivity (Wildman–Crippen MR) is 73.6 cm³/mol. The molecule has 2 heterocycles. The van der Waals surface area contributed by atoms with E-state index in [2.05, 4.69) is 46.6 Å². The van der Waals surface area contributed by atoms with Crippen molar-refractivity contribution in [3.05, 3.63) is 12.3 Å². The lowest BCUT2D eigenvalue weighted by molar-refractivity contribution is 0.192. The summed E-state index contributed by atoms with van der Waals surface area (Å²) >= 11 is 1.57. The third kappa shape index (κ3) is 2.65. The molecule has 0 aromatic rings. The molecule has 1 atom stereocenters. The highest BCUT2D eigenvalue weighted by Gasteiger charge is 2.41. The fourth-order valence-electron chi connectivity index (χ4n) is 2.26. The Morgan fingerprint density at radius 3 is 2.76 bits per heavy atom. The van der Waals surface area contributed by atoms with Crippen LogP contribution in [0.4, 0.5) is 0 Å². The lowest BCUT2D eigenvalue weighted by Crippen LogP contribution is -2.55. The van der Waals surface area contributed by atoms with Crippen LogP contribution in [0.25, 0.3) is 0 Å². The third-order valence-electron chi connectivity index (χ3n) is 3.36. The number of rotatable bonds is 2. The number of nitrogens with zero attached hydrogens (tertiary/aromatic N) is 3. The molecule has 0 bridgehead atoms. The first-order valence-electron chi connectivity index (χ1n) is 5.88. The van der Waals surface area contributed by atoms with Gasteiger partial charge in [0, 0.05) is 50.2 Å². The highest BCUT2D eigenvalue weighted by molar-refractivity contribution is 7.95. The van der Waals surface area contributed by atoms with Crippen molar-refractivity contribution < 1.29 is 0 Å². The number of hydrogen-bond donors (Lipinski definition) is 2. The van der Waals surface area contributed by atoms with Gasteiger partial charge in [0.15, 0.2) is 0 Å². The zero-order valence-corrected chi connectivity index (χ0v) is 11.4. The molecule has 17 heavy (non-hydrogen) atoms. The van der Waals surface area contributed by atoms with Crippen LogP contribution >= 0.6 is 12.1 Å². The van der Waals surface area contributed by atoms with E-state index >= 15 is 0 Å². The molecule has 2 aliphatic heterocycles. The van der Waals surface area contributed by atoms with E-state index in [1.807, 2.05) is 5.01 Å². The van der Waals surface area contributed by atoms with Gasteiger partial charge in [0.25, 0.3) is 0 Å². The molecule has 0 aromatic heterocycles. The van der Waals surface area contributed by atoms with Crippen molar-refractivity contribution >= 4 is 18.9 Å². The molecular formula is C11H21N5S. The predicted octanol–water partition coefficient (Wildman–Crippen LogP) is 0.637. The lowest BCUT2D eigenvalue weighted by atomic mass is 10.0. The fraction of sp³-hybridized carbons (Fsp3) is 0.727. The van der Waals surface area contributed by atoms with Crippen molar-refractivity contribution in [1.29, 1.82) is 0 Å². The normalized spacial score (nSPS) is 31.2. The van der Waals surface area contributed by atoms with Crippen LogP contribution in [-0.2, 0) is 0 Å². The van der Waals surface area contributed by atoms with Gasteiger partial charge in [-0.25, -0.2) is 9.44 Å². The zero-order valence-electron chi connectivity index (χ0n) is 10.6. The van der Waals surface area contributed by atoms with E-state index in [1.54, 1.807) is 12.1 Å². The summed E-state index contributed by atoms with van der Waals surface area (Å²) in [6.07, 6.45) is 0. The second-order valence-electron chi connectivity index (χ2n) is 5.07. The van der Waals surface area contributed by atoms with Crippen molar-refractivity contribution in [3.63, 3.8) is 0 Å². The van der Waals surface area contributed by atoms with Crippen molar-refractivity contribution in [2.75, 3.05) is 26.2 Å². The van der Waals surface area contributed by atoms with Gasteiger partial charge < -0.3 is 0 Å². The maximum absolute atomic E-state index is 4.11. The number of hydrazone groups is 1. The van der Waals surface area contributed by atoms with Gasteiger partial charge in [-0.3, -0.25) is 9.91 Å².